The minimum atomic E-state index is -0.268. The number of amides is 1. The molecule has 1 N–H and O–H groups in total. The van der Waals surface area contributed by atoms with Crippen molar-refractivity contribution in [3.63, 3.8) is 0 Å². The predicted molar refractivity (Wildman–Crippen MR) is 67.2 cm³/mol. The van der Waals surface area contributed by atoms with Gasteiger partial charge in [0.1, 0.15) is 0 Å². The Balaban J connectivity index is 2.00. The predicted octanol–water partition coefficient (Wildman–Crippen LogP) is 0.887. The molecule has 0 aliphatic heterocycles. The normalized spacial score (nSPS) is 10.8. The van der Waals surface area contributed by atoms with E-state index in [0.29, 0.717) is 5.56 Å². The summed E-state index contributed by atoms with van der Waals surface area (Å²) in [6, 6.07) is 3.25. The van der Waals surface area contributed by atoms with Gasteiger partial charge in [-0.05, 0) is 19.1 Å². The summed E-state index contributed by atoms with van der Waals surface area (Å²) in [5.41, 5.74) is 4.70. The van der Waals surface area contributed by atoms with Gasteiger partial charge in [-0.3, -0.25) is 14.5 Å². The highest BCUT2D eigenvalue weighted by molar-refractivity contribution is 5.94. The van der Waals surface area contributed by atoms with Crippen LogP contribution in [0.1, 0.15) is 21.6 Å². The third kappa shape index (κ3) is 2.79. The number of nitrogens with zero attached hydrogens (tertiary/aromatic N) is 4. The number of hydrogen-bond donors (Lipinski definition) is 1. The summed E-state index contributed by atoms with van der Waals surface area (Å²) in [6.07, 6.45) is 6.52. The largest absolute Gasteiger partial charge is 0.275 e. The molecule has 0 aliphatic rings. The molecule has 2 aromatic heterocycles. The van der Waals surface area contributed by atoms with E-state index < -0.39 is 0 Å². The number of rotatable bonds is 3. The Morgan fingerprint density at radius 1 is 1.44 bits per heavy atom. The number of aromatic nitrogens is 3. The second-order valence-corrected chi connectivity index (χ2v) is 3.78. The monoisotopic (exact) mass is 243 g/mol. The van der Waals surface area contributed by atoms with E-state index in [1.807, 2.05) is 20.2 Å². The molecule has 0 aliphatic carbocycles. The van der Waals surface area contributed by atoms with Crippen LogP contribution >= 0.6 is 0 Å². The molecule has 0 radical (unpaired) electrons. The highest BCUT2D eigenvalue weighted by Crippen LogP contribution is 2.00. The van der Waals surface area contributed by atoms with Crippen molar-refractivity contribution in [2.24, 2.45) is 12.1 Å². The van der Waals surface area contributed by atoms with Crippen LogP contribution in [-0.2, 0) is 7.05 Å². The van der Waals surface area contributed by atoms with Crippen molar-refractivity contribution >= 4 is 12.1 Å². The highest BCUT2D eigenvalue weighted by atomic mass is 16.2. The van der Waals surface area contributed by atoms with Crippen LogP contribution in [-0.4, -0.2) is 26.9 Å². The van der Waals surface area contributed by atoms with Crippen LogP contribution in [0.4, 0.5) is 0 Å². The summed E-state index contributed by atoms with van der Waals surface area (Å²) < 4.78 is 1.70. The van der Waals surface area contributed by atoms with Crippen LogP contribution in [0, 0.1) is 6.92 Å². The zero-order valence-corrected chi connectivity index (χ0v) is 10.2. The number of pyridine rings is 1. The van der Waals surface area contributed by atoms with Crippen LogP contribution in [0.25, 0.3) is 0 Å². The van der Waals surface area contributed by atoms with Crippen molar-refractivity contribution in [2.75, 3.05) is 0 Å². The summed E-state index contributed by atoms with van der Waals surface area (Å²) in [5, 5.41) is 8.07. The second kappa shape index (κ2) is 5.22. The van der Waals surface area contributed by atoms with Crippen molar-refractivity contribution in [1.29, 1.82) is 0 Å². The first-order valence-electron chi connectivity index (χ1n) is 5.40. The van der Waals surface area contributed by atoms with Crippen LogP contribution in [0.3, 0.4) is 0 Å². The Kier molecular flexibility index (Phi) is 3.47. The Morgan fingerprint density at radius 3 is 2.78 bits per heavy atom. The quantitative estimate of drug-likeness (QED) is 0.642. The molecule has 0 unspecified atom stereocenters. The molecule has 0 aromatic carbocycles. The van der Waals surface area contributed by atoms with Gasteiger partial charge in [-0.25, -0.2) is 5.43 Å². The summed E-state index contributed by atoms with van der Waals surface area (Å²) in [6.45, 7) is 1.88. The fourth-order valence-electron chi connectivity index (χ4n) is 1.47. The molecular weight excluding hydrogens is 230 g/mol. The molecule has 2 heterocycles. The van der Waals surface area contributed by atoms with Crippen LogP contribution in [0.5, 0.6) is 0 Å². The van der Waals surface area contributed by atoms with Crippen molar-refractivity contribution in [2.45, 2.75) is 6.92 Å². The number of carbonyl (C=O) groups is 1. The number of aryl methyl sites for hydroxylation is 2. The van der Waals surface area contributed by atoms with Gasteiger partial charge in [0.25, 0.3) is 5.91 Å². The fraction of sp³-hybridized carbons (Fsp3) is 0.167. The van der Waals surface area contributed by atoms with E-state index in [1.165, 1.54) is 0 Å². The maximum absolute atomic E-state index is 11.7. The smallest absolute Gasteiger partial charge is 0.271 e. The van der Waals surface area contributed by atoms with E-state index in [1.54, 1.807) is 35.4 Å². The first-order valence-corrected chi connectivity index (χ1v) is 5.40. The molecule has 0 atom stereocenters. The standard InChI is InChI=1S/C12H13N5O/c1-9-11(8-17(2)16-9)7-14-15-12(18)10-3-5-13-6-4-10/h3-8H,1-2H3,(H,15,18)/b14-7-. The average Bonchev–Trinajstić information content (AvgIpc) is 2.69. The zero-order valence-electron chi connectivity index (χ0n) is 10.2. The number of carbonyl (C=O) groups excluding carboxylic acids is 1. The van der Waals surface area contributed by atoms with E-state index in [0.717, 1.165) is 11.3 Å². The molecule has 6 nitrogen and oxygen atoms in total. The number of hydrazone groups is 1. The molecule has 0 saturated heterocycles. The highest BCUT2D eigenvalue weighted by Gasteiger charge is 2.03. The van der Waals surface area contributed by atoms with Gasteiger partial charge in [-0.15, -0.1) is 0 Å². The summed E-state index contributed by atoms with van der Waals surface area (Å²) in [7, 11) is 1.83. The minimum Gasteiger partial charge on any atom is -0.275 e. The molecule has 92 valence electrons. The Hall–Kier alpha value is -2.50. The van der Waals surface area contributed by atoms with Crippen LogP contribution < -0.4 is 5.43 Å². The molecule has 0 spiro atoms. The van der Waals surface area contributed by atoms with E-state index in [9.17, 15) is 4.79 Å². The summed E-state index contributed by atoms with van der Waals surface area (Å²) in [4.78, 5) is 15.5. The summed E-state index contributed by atoms with van der Waals surface area (Å²) >= 11 is 0. The van der Waals surface area contributed by atoms with Gasteiger partial charge in [-0.1, -0.05) is 0 Å². The third-order valence-electron chi connectivity index (χ3n) is 2.36. The lowest BCUT2D eigenvalue weighted by Crippen LogP contribution is -2.17. The first kappa shape index (κ1) is 12.0. The van der Waals surface area contributed by atoms with Gasteiger partial charge < -0.3 is 0 Å². The van der Waals surface area contributed by atoms with Crippen molar-refractivity contribution in [1.82, 2.24) is 20.2 Å². The third-order valence-corrected chi connectivity index (χ3v) is 2.36. The van der Waals surface area contributed by atoms with E-state index in [2.05, 4.69) is 20.6 Å². The van der Waals surface area contributed by atoms with Gasteiger partial charge in [0.05, 0.1) is 11.9 Å². The van der Waals surface area contributed by atoms with Gasteiger partial charge in [-0.2, -0.15) is 10.2 Å². The molecule has 0 saturated carbocycles. The van der Waals surface area contributed by atoms with Gasteiger partial charge in [0.2, 0.25) is 0 Å². The molecule has 2 rings (SSSR count). The maximum atomic E-state index is 11.7. The number of hydrogen-bond acceptors (Lipinski definition) is 4. The van der Waals surface area contributed by atoms with E-state index in [-0.39, 0.29) is 5.91 Å². The van der Waals surface area contributed by atoms with Gasteiger partial charge >= 0.3 is 0 Å². The van der Waals surface area contributed by atoms with Crippen molar-refractivity contribution in [3.8, 4) is 0 Å². The lowest BCUT2D eigenvalue weighted by Gasteiger charge is -1.97. The zero-order chi connectivity index (χ0) is 13.0. The van der Waals surface area contributed by atoms with Crippen LogP contribution in [0.2, 0.25) is 0 Å². The Labute approximate surface area is 104 Å². The SMILES string of the molecule is Cc1nn(C)cc1/C=N\NC(=O)c1ccncc1. The average molecular weight is 243 g/mol. The molecule has 0 bridgehead atoms. The molecular formula is C12H13N5O. The molecule has 0 fully saturated rings. The first-order chi connectivity index (χ1) is 8.66. The molecule has 6 heteroatoms. The molecule has 1 amide bonds. The van der Waals surface area contributed by atoms with Gasteiger partial charge in [0, 0.05) is 36.8 Å². The Bertz CT molecular complexity index is 573. The van der Waals surface area contributed by atoms with E-state index >= 15 is 0 Å². The summed E-state index contributed by atoms with van der Waals surface area (Å²) in [5.74, 6) is -0.268. The van der Waals surface area contributed by atoms with Crippen molar-refractivity contribution < 1.29 is 4.79 Å². The Morgan fingerprint density at radius 2 is 2.17 bits per heavy atom. The van der Waals surface area contributed by atoms with Crippen LogP contribution in [0.15, 0.2) is 35.8 Å². The lowest BCUT2D eigenvalue weighted by molar-refractivity contribution is 0.0955. The molecule has 2 aromatic rings. The minimum absolute atomic E-state index is 0.268. The topological polar surface area (TPSA) is 72.2 Å². The van der Waals surface area contributed by atoms with E-state index in [4.69, 9.17) is 0 Å². The van der Waals surface area contributed by atoms with Gasteiger partial charge in [0.15, 0.2) is 0 Å². The maximum Gasteiger partial charge on any atom is 0.271 e. The second-order valence-electron chi connectivity index (χ2n) is 3.78. The van der Waals surface area contributed by atoms with Crippen molar-refractivity contribution in [3.05, 3.63) is 47.5 Å². The number of nitrogens with one attached hydrogen (secondary N) is 1. The molecule has 18 heavy (non-hydrogen) atoms. The lowest BCUT2D eigenvalue weighted by atomic mass is 10.2. The fourth-order valence-corrected chi connectivity index (χ4v) is 1.47.